The van der Waals surface area contributed by atoms with Crippen LogP contribution in [0.4, 0.5) is 0 Å². The number of aryl methyl sites for hydroxylation is 1. The maximum absolute atomic E-state index is 12.9. The summed E-state index contributed by atoms with van der Waals surface area (Å²) in [6.07, 6.45) is 5.53. The van der Waals surface area contributed by atoms with Crippen LogP contribution in [0.25, 0.3) is 11.4 Å². The normalized spacial score (nSPS) is 13.8. The highest BCUT2D eigenvalue weighted by Gasteiger charge is 2.27. The average Bonchev–Trinajstić information content (AvgIpc) is 3.09. The molecule has 8 heteroatoms. The molecule has 0 spiro atoms. The van der Waals surface area contributed by atoms with Gasteiger partial charge in [-0.3, -0.25) is 9.78 Å². The van der Waals surface area contributed by atoms with Crippen molar-refractivity contribution in [3.05, 3.63) is 53.9 Å². The topological polar surface area (TPSA) is 76.8 Å². The summed E-state index contributed by atoms with van der Waals surface area (Å²) in [7, 11) is 0. The minimum absolute atomic E-state index is 0.0787. The molecule has 0 atom stereocenters. The standard InChI is InChI=1S/C18H18N6OS/c1-12-4-3-5-13(20-12)10-24-9-8-23-11-15(21-16(23)17(24)25)14-6-7-19-18(22-14)26-2/h3-7,11H,8-10H2,1-2H3. The molecular weight excluding hydrogens is 348 g/mol. The molecule has 0 unspecified atom stereocenters. The first-order chi connectivity index (χ1) is 12.6. The number of fused-ring (bicyclic) bond motifs is 1. The fraction of sp³-hybridized carbons (Fsp3) is 0.278. The van der Waals surface area contributed by atoms with Crippen LogP contribution in [0.1, 0.15) is 22.0 Å². The van der Waals surface area contributed by atoms with Gasteiger partial charge in [0.25, 0.3) is 5.91 Å². The van der Waals surface area contributed by atoms with Crippen molar-refractivity contribution in [2.24, 2.45) is 0 Å². The summed E-state index contributed by atoms with van der Waals surface area (Å²) in [6.45, 7) is 3.79. The molecule has 3 aromatic heterocycles. The number of nitrogens with zero attached hydrogens (tertiary/aromatic N) is 6. The molecule has 26 heavy (non-hydrogen) atoms. The van der Waals surface area contributed by atoms with E-state index in [0.29, 0.717) is 36.3 Å². The third-order valence-corrected chi connectivity index (χ3v) is 4.81. The summed E-state index contributed by atoms with van der Waals surface area (Å²) in [5, 5.41) is 0.687. The summed E-state index contributed by atoms with van der Waals surface area (Å²) >= 11 is 1.48. The maximum Gasteiger partial charge on any atom is 0.290 e. The van der Waals surface area contributed by atoms with E-state index in [4.69, 9.17) is 0 Å². The summed E-state index contributed by atoms with van der Waals surface area (Å²) in [5.41, 5.74) is 3.26. The van der Waals surface area contributed by atoms with Crippen molar-refractivity contribution >= 4 is 17.7 Å². The van der Waals surface area contributed by atoms with Crippen molar-refractivity contribution in [1.29, 1.82) is 0 Å². The molecule has 0 aliphatic carbocycles. The molecule has 0 saturated heterocycles. The zero-order valence-electron chi connectivity index (χ0n) is 14.6. The van der Waals surface area contributed by atoms with Gasteiger partial charge in [-0.1, -0.05) is 17.8 Å². The van der Waals surface area contributed by atoms with Gasteiger partial charge in [0.2, 0.25) is 0 Å². The number of amides is 1. The lowest BCUT2D eigenvalue weighted by atomic mass is 10.2. The lowest BCUT2D eigenvalue weighted by Gasteiger charge is -2.27. The largest absolute Gasteiger partial charge is 0.328 e. The number of hydrogen-bond acceptors (Lipinski definition) is 6. The van der Waals surface area contributed by atoms with E-state index in [-0.39, 0.29) is 5.91 Å². The Morgan fingerprint density at radius 2 is 2.00 bits per heavy atom. The number of rotatable bonds is 4. The molecule has 4 heterocycles. The van der Waals surface area contributed by atoms with Crippen molar-refractivity contribution in [2.75, 3.05) is 12.8 Å². The Morgan fingerprint density at radius 3 is 2.81 bits per heavy atom. The molecule has 0 saturated carbocycles. The molecular formula is C18H18N6OS. The molecule has 0 aromatic carbocycles. The van der Waals surface area contributed by atoms with Gasteiger partial charge in [0.05, 0.1) is 17.9 Å². The molecule has 3 aromatic rings. The molecule has 0 bridgehead atoms. The fourth-order valence-corrected chi connectivity index (χ4v) is 3.32. The second-order valence-electron chi connectivity index (χ2n) is 6.07. The van der Waals surface area contributed by atoms with E-state index in [1.54, 1.807) is 11.1 Å². The minimum Gasteiger partial charge on any atom is -0.328 e. The zero-order valence-corrected chi connectivity index (χ0v) is 15.4. The van der Waals surface area contributed by atoms with Crippen LogP contribution in [0.2, 0.25) is 0 Å². The Morgan fingerprint density at radius 1 is 1.12 bits per heavy atom. The maximum atomic E-state index is 12.9. The third-order valence-electron chi connectivity index (χ3n) is 4.24. The van der Waals surface area contributed by atoms with Crippen molar-refractivity contribution in [2.45, 2.75) is 25.2 Å². The highest BCUT2D eigenvalue weighted by Crippen LogP contribution is 2.22. The van der Waals surface area contributed by atoms with E-state index in [1.165, 1.54) is 11.8 Å². The van der Waals surface area contributed by atoms with E-state index in [9.17, 15) is 4.79 Å². The Kier molecular flexibility index (Phi) is 4.42. The van der Waals surface area contributed by atoms with Crippen LogP contribution < -0.4 is 0 Å². The second kappa shape index (κ2) is 6.87. The molecule has 1 amide bonds. The van der Waals surface area contributed by atoms with E-state index < -0.39 is 0 Å². The van der Waals surface area contributed by atoms with Crippen LogP contribution in [0.3, 0.4) is 0 Å². The molecule has 1 aliphatic heterocycles. The Balaban J connectivity index is 1.59. The summed E-state index contributed by atoms with van der Waals surface area (Å²) in [4.78, 5) is 32.3. The van der Waals surface area contributed by atoms with Gasteiger partial charge in [0, 0.05) is 31.2 Å². The van der Waals surface area contributed by atoms with Crippen LogP contribution >= 0.6 is 11.8 Å². The first-order valence-electron chi connectivity index (χ1n) is 8.30. The van der Waals surface area contributed by atoms with Gasteiger partial charge >= 0.3 is 0 Å². The number of carbonyl (C=O) groups is 1. The van der Waals surface area contributed by atoms with Crippen molar-refractivity contribution in [1.82, 2.24) is 29.4 Å². The predicted octanol–water partition coefficient (Wildman–Crippen LogP) is 2.42. The summed E-state index contributed by atoms with van der Waals surface area (Å²) in [6, 6.07) is 7.67. The summed E-state index contributed by atoms with van der Waals surface area (Å²) in [5.74, 6) is 0.369. The third kappa shape index (κ3) is 3.20. The van der Waals surface area contributed by atoms with Crippen molar-refractivity contribution in [3.8, 4) is 11.4 Å². The Labute approximate surface area is 155 Å². The van der Waals surface area contributed by atoms with Crippen LogP contribution in [-0.4, -0.2) is 48.1 Å². The van der Waals surface area contributed by atoms with E-state index >= 15 is 0 Å². The number of carbonyl (C=O) groups excluding carboxylic acids is 1. The van der Waals surface area contributed by atoms with Gasteiger partial charge in [-0.25, -0.2) is 15.0 Å². The number of pyridine rings is 1. The molecule has 7 nitrogen and oxygen atoms in total. The molecule has 0 fully saturated rings. The van der Waals surface area contributed by atoms with Gasteiger partial charge in [0.1, 0.15) is 5.69 Å². The lowest BCUT2D eigenvalue weighted by molar-refractivity contribution is 0.0680. The average molecular weight is 366 g/mol. The number of thioether (sulfide) groups is 1. The monoisotopic (exact) mass is 366 g/mol. The van der Waals surface area contributed by atoms with Gasteiger partial charge in [0.15, 0.2) is 11.0 Å². The first-order valence-corrected chi connectivity index (χ1v) is 9.53. The van der Waals surface area contributed by atoms with Crippen LogP contribution in [0.15, 0.2) is 41.8 Å². The van der Waals surface area contributed by atoms with Crippen LogP contribution in [0, 0.1) is 6.92 Å². The number of aromatic nitrogens is 5. The minimum atomic E-state index is -0.0787. The first kappa shape index (κ1) is 16.7. The van der Waals surface area contributed by atoms with Crippen molar-refractivity contribution < 1.29 is 4.79 Å². The quantitative estimate of drug-likeness (QED) is 0.521. The van der Waals surface area contributed by atoms with E-state index in [1.807, 2.05) is 48.2 Å². The Bertz CT molecular complexity index is 970. The second-order valence-corrected chi connectivity index (χ2v) is 6.84. The van der Waals surface area contributed by atoms with Gasteiger partial charge in [-0.15, -0.1) is 0 Å². The lowest BCUT2D eigenvalue weighted by Crippen LogP contribution is -2.40. The van der Waals surface area contributed by atoms with Gasteiger partial charge in [-0.2, -0.15) is 0 Å². The fourth-order valence-electron chi connectivity index (χ4n) is 2.97. The molecule has 0 radical (unpaired) electrons. The SMILES string of the molecule is CSc1nccc(-c2cn3c(n2)C(=O)N(Cc2cccc(C)n2)CC3)n1. The van der Waals surface area contributed by atoms with E-state index in [0.717, 1.165) is 17.1 Å². The number of imidazole rings is 1. The molecule has 1 aliphatic rings. The van der Waals surface area contributed by atoms with Crippen LogP contribution in [0.5, 0.6) is 0 Å². The van der Waals surface area contributed by atoms with Crippen molar-refractivity contribution in [3.63, 3.8) is 0 Å². The highest BCUT2D eigenvalue weighted by atomic mass is 32.2. The van der Waals surface area contributed by atoms with Gasteiger partial charge < -0.3 is 9.47 Å². The van der Waals surface area contributed by atoms with Crippen LogP contribution in [-0.2, 0) is 13.1 Å². The zero-order chi connectivity index (χ0) is 18.1. The summed E-state index contributed by atoms with van der Waals surface area (Å²) < 4.78 is 1.90. The number of hydrogen-bond donors (Lipinski definition) is 0. The smallest absolute Gasteiger partial charge is 0.290 e. The molecule has 132 valence electrons. The van der Waals surface area contributed by atoms with E-state index in [2.05, 4.69) is 19.9 Å². The molecule has 4 rings (SSSR count). The Hall–Kier alpha value is -2.74. The van der Waals surface area contributed by atoms with Gasteiger partial charge in [-0.05, 0) is 31.4 Å². The highest BCUT2D eigenvalue weighted by molar-refractivity contribution is 7.98. The molecule has 0 N–H and O–H groups in total. The predicted molar refractivity (Wildman–Crippen MR) is 98.7 cm³/mol.